The Labute approximate surface area is 144 Å². The van der Waals surface area contributed by atoms with E-state index in [0.29, 0.717) is 43.1 Å². The average molecular weight is 346 g/mol. The Hall–Kier alpha value is -2.67. The Morgan fingerprint density at radius 1 is 1.16 bits per heavy atom. The van der Waals surface area contributed by atoms with Crippen molar-refractivity contribution in [3.8, 4) is 11.1 Å². The lowest BCUT2D eigenvalue weighted by atomic mass is 10.1. The molecular formula is C18H19FN2O4. The number of halogens is 1. The van der Waals surface area contributed by atoms with Crippen LogP contribution in [0.1, 0.15) is 22.2 Å². The van der Waals surface area contributed by atoms with Crippen molar-refractivity contribution in [2.45, 2.75) is 6.92 Å². The molecular weight excluding hydrogens is 327 g/mol. The number of rotatable bonds is 3. The molecule has 1 saturated heterocycles. The van der Waals surface area contributed by atoms with Gasteiger partial charge in [-0.15, -0.1) is 0 Å². The second-order valence-corrected chi connectivity index (χ2v) is 5.73. The molecule has 0 aliphatic carbocycles. The van der Waals surface area contributed by atoms with Crippen molar-refractivity contribution in [3.63, 3.8) is 0 Å². The number of carbonyl (C=O) groups excluding carboxylic acids is 2. The third kappa shape index (κ3) is 3.28. The largest absolute Gasteiger partial charge is 0.464 e. The third-order valence-electron chi connectivity index (χ3n) is 4.18. The first kappa shape index (κ1) is 17.2. The molecule has 2 heterocycles. The number of ether oxygens (including phenoxy) is 2. The van der Waals surface area contributed by atoms with Crippen LogP contribution in [0, 0.1) is 5.82 Å². The van der Waals surface area contributed by atoms with E-state index in [-0.39, 0.29) is 17.4 Å². The van der Waals surface area contributed by atoms with E-state index in [1.165, 1.54) is 30.7 Å². The molecule has 1 aliphatic rings. The molecule has 0 unspecified atom stereocenters. The first-order valence-electron chi connectivity index (χ1n) is 7.96. The molecule has 0 amide bonds. The Balaban J connectivity index is 2.23. The molecule has 0 radical (unpaired) electrons. The summed E-state index contributed by atoms with van der Waals surface area (Å²) in [5, 5.41) is 0. The SMILES string of the molecule is COC(=O)c1c(N2CCOCC2)c(-c2ccc(F)cc2)cn1C(C)=O. The summed E-state index contributed by atoms with van der Waals surface area (Å²) in [5.41, 5.74) is 2.18. The van der Waals surface area contributed by atoms with Crippen LogP contribution in [0.25, 0.3) is 11.1 Å². The number of benzene rings is 1. The zero-order valence-electron chi connectivity index (χ0n) is 14.1. The van der Waals surface area contributed by atoms with E-state index in [2.05, 4.69) is 0 Å². The number of anilines is 1. The van der Waals surface area contributed by atoms with Gasteiger partial charge in [-0.25, -0.2) is 9.18 Å². The summed E-state index contributed by atoms with van der Waals surface area (Å²) in [4.78, 5) is 26.5. The number of hydrogen-bond donors (Lipinski definition) is 0. The molecule has 6 nitrogen and oxygen atoms in total. The van der Waals surface area contributed by atoms with E-state index in [9.17, 15) is 14.0 Å². The summed E-state index contributed by atoms with van der Waals surface area (Å²) < 4.78 is 24.9. The first-order valence-corrected chi connectivity index (χ1v) is 7.96. The summed E-state index contributed by atoms with van der Waals surface area (Å²) in [6.07, 6.45) is 1.60. The van der Waals surface area contributed by atoms with Crippen molar-refractivity contribution in [2.75, 3.05) is 38.3 Å². The molecule has 0 bridgehead atoms. The van der Waals surface area contributed by atoms with Gasteiger partial charge in [0.25, 0.3) is 0 Å². The van der Waals surface area contributed by atoms with E-state index >= 15 is 0 Å². The molecule has 1 fully saturated rings. The highest BCUT2D eigenvalue weighted by Crippen LogP contribution is 2.37. The maximum absolute atomic E-state index is 13.3. The van der Waals surface area contributed by atoms with Crippen LogP contribution in [0.3, 0.4) is 0 Å². The Morgan fingerprint density at radius 2 is 1.80 bits per heavy atom. The first-order chi connectivity index (χ1) is 12.0. The average Bonchev–Trinajstić information content (AvgIpc) is 3.03. The molecule has 132 valence electrons. The van der Waals surface area contributed by atoms with Crippen molar-refractivity contribution in [3.05, 3.63) is 42.0 Å². The Bertz CT molecular complexity index is 792. The van der Waals surface area contributed by atoms with Crippen LogP contribution in [0.5, 0.6) is 0 Å². The fourth-order valence-corrected chi connectivity index (χ4v) is 2.98. The lowest BCUT2D eigenvalue weighted by Gasteiger charge is -2.30. The Morgan fingerprint density at radius 3 is 2.36 bits per heavy atom. The minimum absolute atomic E-state index is 0.177. The molecule has 0 spiro atoms. The number of nitrogens with zero attached hydrogens (tertiary/aromatic N) is 2. The fourth-order valence-electron chi connectivity index (χ4n) is 2.98. The molecule has 0 N–H and O–H groups in total. The number of esters is 1. The second kappa shape index (κ2) is 7.06. The van der Waals surface area contributed by atoms with E-state index in [4.69, 9.17) is 9.47 Å². The van der Waals surface area contributed by atoms with Gasteiger partial charge < -0.3 is 14.4 Å². The van der Waals surface area contributed by atoms with Gasteiger partial charge in [0.1, 0.15) is 5.82 Å². The van der Waals surface area contributed by atoms with Gasteiger partial charge in [-0.2, -0.15) is 0 Å². The zero-order chi connectivity index (χ0) is 18.0. The maximum atomic E-state index is 13.3. The van der Waals surface area contributed by atoms with Crippen LogP contribution < -0.4 is 4.90 Å². The molecule has 7 heteroatoms. The molecule has 1 aromatic carbocycles. The predicted molar refractivity (Wildman–Crippen MR) is 90.5 cm³/mol. The summed E-state index contributed by atoms with van der Waals surface area (Å²) >= 11 is 0. The lowest BCUT2D eigenvalue weighted by molar-refractivity contribution is 0.0582. The van der Waals surface area contributed by atoms with Gasteiger partial charge in [-0.3, -0.25) is 9.36 Å². The van der Waals surface area contributed by atoms with Crippen molar-refractivity contribution in [1.82, 2.24) is 4.57 Å². The van der Waals surface area contributed by atoms with E-state index < -0.39 is 5.97 Å². The van der Waals surface area contributed by atoms with E-state index in [1.54, 1.807) is 18.3 Å². The highest BCUT2D eigenvalue weighted by molar-refractivity contribution is 6.03. The van der Waals surface area contributed by atoms with Crippen molar-refractivity contribution in [1.29, 1.82) is 0 Å². The van der Waals surface area contributed by atoms with Crippen LogP contribution in [-0.4, -0.2) is 49.9 Å². The smallest absolute Gasteiger partial charge is 0.357 e. The van der Waals surface area contributed by atoms with E-state index in [1.807, 2.05) is 4.90 Å². The van der Waals surface area contributed by atoms with Crippen LogP contribution >= 0.6 is 0 Å². The molecule has 1 aliphatic heterocycles. The Kier molecular flexibility index (Phi) is 4.85. The minimum Gasteiger partial charge on any atom is -0.464 e. The number of hydrogen-bond acceptors (Lipinski definition) is 5. The van der Waals surface area contributed by atoms with Crippen LogP contribution in [0.2, 0.25) is 0 Å². The van der Waals surface area contributed by atoms with E-state index in [0.717, 1.165) is 0 Å². The normalized spacial score (nSPS) is 14.4. The van der Waals surface area contributed by atoms with Gasteiger partial charge in [0.05, 0.1) is 26.0 Å². The van der Waals surface area contributed by atoms with Crippen LogP contribution in [-0.2, 0) is 9.47 Å². The van der Waals surface area contributed by atoms with Gasteiger partial charge in [-0.1, -0.05) is 12.1 Å². The van der Waals surface area contributed by atoms with Gasteiger partial charge in [0.2, 0.25) is 5.91 Å². The molecule has 0 saturated carbocycles. The topological polar surface area (TPSA) is 60.8 Å². The van der Waals surface area contributed by atoms with Crippen LogP contribution in [0.15, 0.2) is 30.5 Å². The number of carbonyl (C=O) groups is 2. The molecule has 2 aromatic rings. The fraction of sp³-hybridized carbons (Fsp3) is 0.333. The summed E-state index contributed by atoms with van der Waals surface area (Å²) in [6, 6.07) is 5.95. The maximum Gasteiger partial charge on any atom is 0.357 e. The quantitative estimate of drug-likeness (QED) is 0.800. The predicted octanol–water partition coefficient (Wildman–Crippen LogP) is 2.58. The van der Waals surface area contributed by atoms with Crippen molar-refractivity contribution in [2.24, 2.45) is 0 Å². The minimum atomic E-state index is -0.593. The highest BCUT2D eigenvalue weighted by Gasteiger charge is 2.29. The second-order valence-electron chi connectivity index (χ2n) is 5.73. The molecule has 25 heavy (non-hydrogen) atoms. The molecule has 0 atom stereocenters. The van der Waals surface area contributed by atoms with Gasteiger partial charge >= 0.3 is 5.97 Å². The number of morpholine rings is 1. The van der Waals surface area contributed by atoms with Gasteiger partial charge in [0, 0.05) is 31.8 Å². The number of aromatic nitrogens is 1. The van der Waals surface area contributed by atoms with Gasteiger partial charge in [-0.05, 0) is 17.7 Å². The molecule has 1 aromatic heterocycles. The summed E-state index contributed by atoms with van der Waals surface area (Å²) in [5.74, 6) is -1.25. The van der Waals surface area contributed by atoms with Crippen molar-refractivity contribution < 1.29 is 23.5 Å². The molecule has 3 rings (SSSR count). The monoisotopic (exact) mass is 346 g/mol. The summed E-state index contributed by atoms with van der Waals surface area (Å²) in [7, 11) is 1.28. The zero-order valence-corrected chi connectivity index (χ0v) is 14.1. The standard InChI is InChI=1S/C18H19FN2O4/c1-12(22)21-11-15(13-3-5-14(19)6-4-13)16(17(21)18(23)24-2)20-7-9-25-10-8-20/h3-6,11H,7-10H2,1-2H3. The lowest BCUT2D eigenvalue weighted by Crippen LogP contribution is -2.37. The van der Waals surface area contributed by atoms with Gasteiger partial charge in [0.15, 0.2) is 5.69 Å². The highest BCUT2D eigenvalue weighted by atomic mass is 19.1. The number of methoxy groups -OCH3 is 1. The van der Waals surface area contributed by atoms with Crippen LogP contribution in [0.4, 0.5) is 10.1 Å². The van der Waals surface area contributed by atoms with Crippen molar-refractivity contribution >= 4 is 17.6 Å². The third-order valence-corrected chi connectivity index (χ3v) is 4.18. The summed E-state index contributed by atoms with van der Waals surface area (Å²) in [6.45, 7) is 3.59.